The first-order valence-corrected chi connectivity index (χ1v) is 21.1. The number of aryl methyl sites for hydroxylation is 1. The zero-order valence-corrected chi connectivity index (χ0v) is 33.0. The molecule has 0 radical (unpaired) electrons. The molecular formula is C46H51N3O7S. The van der Waals surface area contributed by atoms with Gasteiger partial charge in [0.25, 0.3) is 0 Å². The summed E-state index contributed by atoms with van der Waals surface area (Å²) in [4.78, 5) is 16.2. The van der Waals surface area contributed by atoms with Gasteiger partial charge in [0.1, 0.15) is 6.04 Å². The van der Waals surface area contributed by atoms with Crippen molar-refractivity contribution in [3.63, 3.8) is 0 Å². The van der Waals surface area contributed by atoms with Crippen LogP contribution in [0, 0.1) is 6.92 Å². The lowest BCUT2D eigenvalue weighted by molar-refractivity contribution is -0.253. The van der Waals surface area contributed by atoms with Gasteiger partial charge >= 0.3 is 0 Å². The fourth-order valence-electron chi connectivity index (χ4n) is 7.73. The van der Waals surface area contributed by atoms with Crippen LogP contribution in [-0.4, -0.2) is 67.3 Å². The number of benzene rings is 5. The number of aliphatic hydroxyl groups excluding tert-OH is 2. The van der Waals surface area contributed by atoms with Crippen molar-refractivity contribution in [2.24, 2.45) is 0 Å². The Morgan fingerprint density at radius 1 is 0.825 bits per heavy atom. The van der Waals surface area contributed by atoms with Crippen LogP contribution in [0.2, 0.25) is 0 Å². The van der Waals surface area contributed by atoms with Gasteiger partial charge in [0.2, 0.25) is 15.9 Å². The number of amides is 1. The minimum Gasteiger partial charge on any atom is -0.395 e. The lowest BCUT2D eigenvalue weighted by atomic mass is 9.97. The molecule has 0 saturated carbocycles. The van der Waals surface area contributed by atoms with Gasteiger partial charge in [-0.05, 0) is 78.2 Å². The summed E-state index contributed by atoms with van der Waals surface area (Å²) in [6.45, 7) is 3.81. The molecule has 0 aromatic heterocycles. The highest BCUT2D eigenvalue weighted by Gasteiger charge is 2.35. The number of hydrogen-bond donors (Lipinski definition) is 4. The molecule has 11 heteroatoms. The zero-order chi connectivity index (χ0) is 39.8. The summed E-state index contributed by atoms with van der Waals surface area (Å²) in [5.74, 6) is -0.430. The molecule has 1 amide bonds. The summed E-state index contributed by atoms with van der Waals surface area (Å²) in [7, 11) is -3.98. The summed E-state index contributed by atoms with van der Waals surface area (Å²) in [5.41, 5.74) is 7.24. The molecule has 7 rings (SSSR count). The van der Waals surface area contributed by atoms with Gasteiger partial charge in [-0.1, -0.05) is 121 Å². The van der Waals surface area contributed by atoms with Crippen LogP contribution in [0.15, 0.2) is 132 Å². The Labute approximate surface area is 335 Å². The maximum absolute atomic E-state index is 13.8. The van der Waals surface area contributed by atoms with Gasteiger partial charge in [0.05, 0.1) is 30.3 Å². The second-order valence-corrected chi connectivity index (χ2v) is 16.7. The molecule has 5 atom stereocenters. The molecule has 5 aromatic carbocycles. The van der Waals surface area contributed by atoms with E-state index >= 15 is 0 Å². The molecule has 0 bridgehead atoms. The van der Waals surface area contributed by atoms with E-state index in [2.05, 4.69) is 14.9 Å². The van der Waals surface area contributed by atoms with Gasteiger partial charge < -0.3 is 25.0 Å². The van der Waals surface area contributed by atoms with E-state index in [-0.39, 0.29) is 49.3 Å². The molecule has 10 nitrogen and oxygen atoms in total. The van der Waals surface area contributed by atoms with Gasteiger partial charge in [0.15, 0.2) is 6.29 Å². The van der Waals surface area contributed by atoms with E-state index in [1.165, 1.54) is 0 Å². The second kappa shape index (κ2) is 18.7. The molecule has 0 spiro atoms. The summed E-state index contributed by atoms with van der Waals surface area (Å²) in [6, 6.07) is 38.7. The molecular weight excluding hydrogens is 739 g/mol. The molecule has 4 N–H and O–H groups in total. The minimum atomic E-state index is -3.98. The van der Waals surface area contributed by atoms with Gasteiger partial charge in [0, 0.05) is 31.1 Å². The van der Waals surface area contributed by atoms with E-state index in [1.54, 1.807) is 24.3 Å². The summed E-state index contributed by atoms with van der Waals surface area (Å²) in [5, 5.41) is 22.6. The van der Waals surface area contributed by atoms with E-state index in [0.717, 1.165) is 63.9 Å². The largest absolute Gasteiger partial charge is 0.395 e. The topological polar surface area (TPSA) is 137 Å². The molecule has 2 aliphatic rings. The Balaban J connectivity index is 1.07. The van der Waals surface area contributed by atoms with Crippen LogP contribution in [0.3, 0.4) is 0 Å². The molecule has 2 saturated heterocycles. The van der Waals surface area contributed by atoms with E-state index < -0.39 is 28.3 Å². The van der Waals surface area contributed by atoms with Crippen molar-refractivity contribution < 1.29 is 32.9 Å². The Bertz CT molecular complexity index is 2180. The lowest BCUT2D eigenvalue weighted by Crippen LogP contribution is -2.47. The second-order valence-electron chi connectivity index (χ2n) is 15.0. The number of likely N-dealkylation sites (tertiary alicyclic amines) is 1. The van der Waals surface area contributed by atoms with E-state index in [1.807, 2.05) is 110 Å². The van der Waals surface area contributed by atoms with E-state index in [9.17, 15) is 23.4 Å². The highest BCUT2D eigenvalue weighted by molar-refractivity contribution is 7.89. The maximum Gasteiger partial charge on any atom is 0.241 e. The normalized spacial score (nSPS) is 20.6. The quantitative estimate of drug-likeness (QED) is 0.0963. The van der Waals surface area contributed by atoms with Crippen LogP contribution in [0.5, 0.6) is 0 Å². The Hall–Kier alpha value is -4.72. The van der Waals surface area contributed by atoms with Crippen LogP contribution in [0.1, 0.15) is 65.0 Å². The first kappa shape index (κ1) is 40.5. The van der Waals surface area contributed by atoms with Gasteiger partial charge in [-0.15, -0.1) is 0 Å². The molecule has 2 aliphatic heterocycles. The van der Waals surface area contributed by atoms with Crippen molar-refractivity contribution in [3.05, 3.63) is 161 Å². The Kier molecular flexibility index (Phi) is 13.3. The fourth-order valence-corrected chi connectivity index (χ4v) is 8.92. The van der Waals surface area contributed by atoms with Crippen LogP contribution in [-0.2, 0) is 43.9 Å². The third kappa shape index (κ3) is 10.2. The lowest BCUT2D eigenvalue weighted by Gasteiger charge is -2.38. The monoisotopic (exact) mass is 789 g/mol. The first-order chi connectivity index (χ1) is 27.7. The van der Waals surface area contributed by atoms with Crippen molar-refractivity contribution in [1.29, 1.82) is 0 Å². The van der Waals surface area contributed by atoms with Crippen LogP contribution < -0.4 is 10.0 Å². The van der Waals surface area contributed by atoms with Gasteiger partial charge in [-0.25, -0.2) is 8.42 Å². The van der Waals surface area contributed by atoms with Gasteiger partial charge in [-0.3, -0.25) is 9.69 Å². The van der Waals surface area contributed by atoms with Crippen LogP contribution >= 0.6 is 0 Å². The highest BCUT2D eigenvalue weighted by Crippen LogP contribution is 2.39. The van der Waals surface area contributed by atoms with Crippen molar-refractivity contribution in [2.45, 2.75) is 81.2 Å². The number of sulfonamides is 1. The molecule has 2 fully saturated rings. The predicted molar refractivity (Wildman–Crippen MR) is 219 cm³/mol. The minimum absolute atomic E-state index is 0.0234. The summed E-state index contributed by atoms with van der Waals surface area (Å²) < 4.78 is 42.7. The highest BCUT2D eigenvalue weighted by atomic mass is 32.2. The number of carbonyl (C=O) groups is 1. The molecule has 0 unspecified atom stereocenters. The number of nitrogens with one attached hydrogen (secondary N) is 2. The van der Waals surface area contributed by atoms with Gasteiger partial charge in [-0.2, -0.15) is 4.72 Å². The smallest absolute Gasteiger partial charge is 0.241 e. The number of rotatable bonds is 15. The van der Waals surface area contributed by atoms with E-state index in [0.29, 0.717) is 13.0 Å². The van der Waals surface area contributed by atoms with Crippen molar-refractivity contribution >= 4 is 15.9 Å². The van der Waals surface area contributed by atoms with Crippen molar-refractivity contribution in [1.82, 2.24) is 14.9 Å². The Morgan fingerprint density at radius 3 is 2.25 bits per heavy atom. The summed E-state index contributed by atoms with van der Waals surface area (Å²) >= 11 is 0. The molecule has 0 aliphatic carbocycles. The number of hydrogen-bond acceptors (Lipinski definition) is 8. The van der Waals surface area contributed by atoms with Crippen molar-refractivity contribution in [3.8, 4) is 11.1 Å². The van der Waals surface area contributed by atoms with Crippen LogP contribution in [0.25, 0.3) is 11.1 Å². The maximum atomic E-state index is 13.8. The SMILES string of the molecule is Cc1ccc(S(=O)(=O)N[C@H](Cc2ccccc2)C(=O)NCc2ccccc2-c2ccc([C@H]3O[C@@H](CN4CCC[C@H]4CO)C[C@@H](c4ccc(CO)cc4)O3)cc2)cc1. The molecule has 2 heterocycles. The van der Waals surface area contributed by atoms with E-state index in [4.69, 9.17) is 9.47 Å². The third-order valence-electron chi connectivity index (χ3n) is 11.0. The Morgan fingerprint density at radius 2 is 1.53 bits per heavy atom. The fraction of sp³-hybridized carbons (Fsp3) is 0.326. The number of aliphatic hydroxyl groups is 2. The third-order valence-corrected chi connectivity index (χ3v) is 12.4. The average molecular weight is 790 g/mol. The predicted octanol–water partition coefficient (Wildman–Crippen LogP) is 6.36. The number of carbonyl (C=O) groups excluding carboxylic acids is 1. The zero-order valence-electron chi connectivity index (χ0n) is 32.2. The van der Waals surface area contributed by atoms with Crippen LogP contribution in [0.4, 0.5) is 0 Å². The molecule has 298 valence electrons. The standard InChI is InChI=1S/C46H51N3O7S/c1-32-13-23-41(24-14-32)57(53,54)48-43(26-33-8-3-2-4-9-33)45(52)47-28-38-10-5-6-12-42(38)35-19-21-37(22-20-35)46-55-40(29-49-25-7-11-39(49)31-51)27-44(56-46)36-17-15-34(30-50)16-18-36/h2-6,8-10,12-24,39-40,43-44,46,48,50-51H,7,11,25-31H2,1H3,(H,47,52)/t39-,40+,43+,44-,46-/m0/s1. The molecule has 57 heavy (non-hydrogen) atoms. The number of nitrogens with zero attached hydrogens (tertiary/aromatic N) is 1. The van der Waals surface area contributed by atoms with Crippen molar-refractivity contribution in [2.75, 3.05) is 19.7 Å². The number of ether oxygens (including phenoxy) is 2. The molecule has 5 aromatic rings. The first-order valence-electron chi connectivity index (χ1n) is 19.6. The summed E-state index contributed by atoms with van der Waals surface area (Å²) in [6.07, 6.45) is 1.93. The average Bonchev–Trinajstić information content (AvgIpc) is 3.70.